The molecule has 0 radical (unpaired) electrons. The van der Waals surface area contributed by atoms with Crippen molar-refractivity contribution >= 4 is 22.9 Å². The number of rotatable bonds is 8. The van der Waals surface area contributed by atoms with Gasteiger partial charge in [0.15, 0.2) is 11.5 Å². The van der Waals surface area contributed by atoms with Crippen LogP contribution in [0, 0.1) is 6.92 Å². The number of fused-ring (bicyclic) bond motifs is 1. The highest BCUT2D eigenvalue weighted by atomic mass is 16.5. The molecule has 0 saturated heterocycles. The summed E-state index contributed by atoms with van der Waals surface area (Å²) in [4.78, 5) is 37.6. The molecule has 1 aromatic heterocycles. The molecule has 0 amide bonds. The summed E-state index contributed by atoms with van der Waals surface area (Å²) in [6, 6.07) is 15.3. The zero-order valence-corrected chi connectivity index (χ0v) is 20.7. The van der Waals surface area contributed by atoms with E-state index in [1.807, 2.05) is 0 Å². The second-order valence-corrected chi connectivity index (χ2v) is 7.78. The van der Waals surface area contributed by atoms with E-state index in [9.17, 15) is 14.4 Å². The molecule has 0 fully saturated rings. The number of carbonyl (C=O) groups is 2. The third-order valence-corrected chi connectivity index (χ3v) is 5.40. The van der Waals surface area contributed by atoms with E-state index >= 15 is 0 Å². The van der Waals surface area contributed by atoms with Crippen molar-refractivity contribution in [3.8, 4) is 28.7 Å². The topological polar surface area (TPSA) is 110 Å². The van der Waals surface area contributed by atoms with Crippen LogP contribution in [-0.2, 0) is 4.74 Å². The Labute approximate surface area is 212 Å². The smallest absolute Gasteiger partial charge is 0.343 e. The quantitative estimate of drug-likeness (QED) is 0.233. The van der Waals surface area contributed by atoms with E-state index in [0.717, 1.165) is 0 Å². The molecule has 0 aliphatic heterocycles. The van der Waals surface area contributed by atoms with Crippen LogP contribution in [0.2, 0.25) is 0 Å². The van der Waals surface area contributed by atoms with Crippen molar-refractivity contribution in [2.24, 2.45) is 0 Å². The van der Waals surface area contributed by atoms with Crippen molar-refractivity contribution < 1.29 is 37.7 Å². The fourth-order valence-electron chi connectivity index (χ4n) is 3.57. The Bertz CT molecular complexity index is 1520. The molecule has 37 heavy (non-hydrogen) atoms. The molecule has 0 bridgehead atoms. The van der Waals surface area contributed by atoms with Crippen LogP contribution in [0.4, 0.5) is 0 Å². The highest BCUT2D eigenvalue weighted by Gasteiger charge is 2.17. The zero-order chi connectivity index (χ0) is 26.5. The van der Waals surface area contributed by atoms with Crippen LogP contribution >= 0.6 is 0 Å². The number of methoxy groups -OCH3 is 2. The predicted octanol–water partition coefficient (Wildman–Crippen LogP) is 5.31. The van der Waals surface area contributed by atoms with Gasteiger partial charge in [-0.1, -0.05) is 0 Å². The molecule has 3 aromatic carbocycles. The zero-order valence-electron chi connectivity index (χ0n) is 20.7. The Balaban J connectivity index is 1.56. The van der Waals surface area contributed by atoms with Crippen molar-refractivity contribution in [2.75, 3.05) is 20.8 Å². The predicted molar refractivity (Wildman–Crippen MR) is 134 cm³/mol. The minimum atomic E-state index is -0.620. The first-order valence-corrected chi connectivity index (χ1v) is 11.3. The van der Waals surface area contributed by atoms with Gasteiger partial charge in [-0.2, -0.15) is 0 Å². The molecule has 9 nitrogen and oxygen atoms in total. The van der Waals surface area contributed by atoms with Crippen LogP contribution < -0.4 is 24.4 Å². The third-order valence-electron chi connectivity index (χ3n) is 5.40. The summed E-state index contributed by atoms with van der Waals surface area (Å²) < 4.78 is 32.4. The summed E-state index contributed by atoms with van der Waals surface area (Å²) in [5.74, 6) is 0.585. The molecule has 4 rings (SSSR count). The maximum Gasteiger partial charge on any atom is 0.343 e. The van der Waals surface area contributed by atoms with Gasteiger partial charge in [0.05, 0.1) is 37.3 Å². The number of carbonyl (C=O) groups excluding carboxylic acids is 2. The average Bonchev–Trinajstić information content (AvgIpc) is 2.91. The molecule has 0 unspecified atom stereocenters. The molecular formula is C28H24O9. The van der Waals surface area contributed by atoms with Crippen molar-refractivity contribution in [1.82, 2.24) is 0 Å². The Morgan fingerprint density at radius 3 is 2.16 bits per heavy atom. The van der Waals surface area contributed by atoms with Gasteiger partial charge in [0.2, 0.25) is 11.2 Å². The normalized spacial score (nSPS) is 10.6. The molecule has 0 aliphatic carbocycles. The van der Waals surface area contributed by atoms with Gasteiger partial charge in [-0.15, -0.1) is 0 Å². The van der Waals surface area contributed by atoms with Gasteiger partial charge in [-0.3, -0.25) is 4.79 Å². The first-order valence-electron chi connectivity index (χ1n) is 11.3. The summed E-state index contributed by atoms with van der Waals surface area (Å²) in [7, 11) is 2.97. The molecule has 1 heterocycles. The maximum atomic E-state index is 13.1. The van der Waals surface area contributed by atoms with Crippen molar-refractivity contribution in [3.05, 3.63) is 87.8 Å². The minimum absolute atomic E-state index is 0.00598. The standard InChI is InChI=1S/C28H24O9/c1-5-34-27(30)17-6-9-19(10-7-17)36-26-16(2)35-23-15-20(11-12-21(23)25(26)29)37-28(31)18-8-13-22(32-3)24(14-18)33-4/h6-15H,5H2,1-4H3. The van der Waals surface area contributed by atoms with E-state index in [1.54, 1.807) is 50.2 Å². The largest absolute Gasteiger partial charge is 0.493 e. The van der Waals surface area contributed by atoms with Crippen LogP contribution in [0.15, 0.2) is 69.9 Å². The van der Waals surface area contributed by atoms with Crippen molar-refractivity contribution in [2.45, 2.75) is 13.8 Å². The fraction of sp³-hybridized carbons (Fsp3) is 0.179. The van der Waals surface area contributed by atoms with Crippen molar-refractivity contribution in [3.63, 3.8) is 0 Å². The summed E-state index contributed by atoms with van der Waals surface area (Å²) in [6.07, 6.45) is 0. The Morgan fingerprint density at radius 2 is 1.49 bits per heavy atom. The number of benzene rings is 3. The lowest BCUT2D eigenvalue weighted by molar-refractivity contribution is 0.0526. The third kappa shape index (κ3) is 5.40. The molecule has 4 aromatic rings. The van der Waals surface area contributed by atoms with Gasteiger partial charge in [-0.25, -0.2) is 9.59 Å². The number of aryl methyl sites for hydroxylation is 1. The number of ether oxygens (including phenoxy) is 5. The summed E-state index contributed by atoms with van der Waals surface area (Å²) in [6.45, 7) is 3.58. The van der Waals surface area contributed by atoms with E-state index in [1.165, 1.54) is 38.5 Å². The monoisotopic (exact) mass is 504 g/mol. The SMILES string of the molecule is CCOC(=O)c1ccc(Oc2c(C)oc3cc(OC(=O)c4ccc(OC)c(OC)c4)ccc3c2=O)cc1. The summed E-state index contributed by atoms with van der Waals surface area (Å²) in [5, 5.41) is 0.245. The van der Waals surface area contributed by atoms with E-state index in [2.05, 4.69) is 0 Å². The molecule has 0 aliphatic rings. The van der Waals surface area contributed by atoms with Gasteiger partial charge >= 0.3 is 11.9 Å². The van der Waals surface area contributed by atoms with Gasteiger partial charge in [0.1, 0.15) is 22.8 Å². The second kappa shape index (κ2) is 10.9. The first-order chi connectivity index (χ1) is 17.8. The average molecular weight is 504 g/mol. The number of esters is 2. The second-order valence-electron chi connectivity index (χ2n) is 7.78. The number of hydrogen-bond donors (Lipinski definition) is 0. The number of hydrogen-bond acceptors (Lipinski definition) is 9. The molecule has 9 heteroatoms. The van der Waals surface area contributed by atoms with Gasteiger partial charge in [0, 0.05) is 6.07 Å². The van der Waals surface area contributed by atoms with Gasteiger partial charge in [-0.05, 0) is 68.4 Å². The van der Waals surface area contributed by atoms with E-state index in [-0.39, 0.29) is 40.4 Å². The highest BCUT2D eigenvalue weighted by molar-refractivity contribution is 5.92. The molecular weight excluding hydrogens is 480 g/mol. The maximum absolute atomic E-state index is 13.1. The lowest BCUT2D eigenvalue weighted by Crippen LogP contribution is -2.10. The van der Waals surface area contributed by atoms with Crippen LogP contribution in [0.25, 0.3) is 11.0 Å². The van der Waals surface area contributed by atoms with Gasteiger partial charge in [0.25, 0.3) is 0 Å². The van der Waals surface area contributed by atoms with E-state index in [4.69, 9.17) is 28.1 Å². The van der Waals surface area contributed by atoms with E-state index < -0.39 is 17.4 Å². The summed E-state index contributed by atoms with van der Waals surface area (Å²) >= 11 is 0. The Hall–Kier alpha value is -4.79. The minimum Gasteiger partial charge on any atom is -0.493 e. The first kappa shape index (κ1) is 25.3. The molecule has 0 saturated carbocycles. The van der Waals surface area contributed by atoms with Crippen molar-refractivity contribution in [1.29, 1.82) is 0 Å². The lowest BCUT2D eigenvalue weighted by Gasteiger charge is -2.11. The molecule has 0 atom stereocenters. The van der Waals surface area contributed by atoms with Gasteiger partial charge < -0.3 is 28.1 Å². The Morgan fingerprint density at radius 1 is 0.811 bits per heavy atom. The van der Waals surface area contributed by atoms with Crippen LogP contribution in [0.5, 0.6) is 28.7 Å². The summed E-state index contributed by atoms with van der Waals surface area (Å²) in [5.41, 5.74) is 0.454. The highest BCUT2D eigenvalue weighted by Crippen LogP contribution is 2.30. The van der Waals surface area contributed by atoms with Crippen LogP contribution in [-0.4, -0.2) is 32.8 Å². The lowest BCUT2D eigenvalue weighted by atomic mass is 10.2. The Kier molecular flexibility index (Phi) is 7.43. The van der Waals surface area contributed by atoms with Crippen LogP contribution in [0.3, 0.4) is 0 Å². The molecule has 0 spiro atoms. The van der Waals surface area contributed by atoms with Crippen LogP contribution in [0.1, 0.15) is 33.4 Å². The van der Waals surface area contributed by atoms with E-state index in [0.29, 0.717) is 22.8 Å². The molecule has 190 valence electrons. The fourth-order valence-corrected chi connectivity index (χ4v) is 3.57. The molecule has 0 N–H and O–H groups in total.